The van der Waals surface area contributed by atoms with Gasteiger partial charge in [0.25, 0.3) is 0 Å². The van der Waals surface area contributed by atoms with E-state index in [1.807, 2.05) is 12.3 Å². The van der Waals surface area contributed by atoms with Gasteiger partial charge < -0.3 is 10.2 Å². The molecule has 2 rings (SSSR count). The topological polar surface area (TPSA) is 28.2 Å². The summed E-state index contributed by atoms with van der Waals surface area (Å²) in [6.45, 7) is 7.44. The van der Waals surface area contributed by atoms with Crippen LogP contribution in [0.3, 0.4) is 0 Å². The van der Waals surface area contributed by atoms with Crippen LogP contribution in [0.15, 0.2) is 18.3 Å². The second-order valence-corrected chi connectivity index (χ2v) is 4.31. The third-order valence-electron chi connectivity index (χ3n) is 2.28. The first-order valence-electron chi connectivity index (χ1n) is 4.55. The van der Waals surface area contributed by atoms with Crippen LogP contribution >= 0.6 is 0 Å². The van der Waals surface area contributed by atoms with Crippen molar-refractivity contribution in [3.05, 3.63) is 18.3 Å². The van der Waals surface area contributed by atoms with Crippen LogP contribution < -0.4 is 10.2 Å². The maximum atomic E-state index is 4.37. The average molecular weight is 179 g/mol. The fourth-order valence-electron chi connectivity index (χ4n) is 1.54. The molecule has 1 aromatic heterocycles. The number of rotatable bonds is 0. The minimum absolute atomic E-state index is 0. The van der Waals surface area contributed by atoms with Gasteiger partial charge in [-0.2, -0.15) is 0 Å². The quantitative estimate of drug-likeness (QED) is 0.662. The Labute approximate surface area is 80.3 Å². The molecule has 1 N–H and O–H groups in total. The predicted octanol–water partition coefficient (Wildman–Crippen LogP) is 2.32. The monoisotopic (exact) mass is 179 g/mol. The lowest BCUT2D eigenvalue weighted by Gasteiger charge is -2.32. The van der Waals surface area contributed by atoms with Crippen molar-refractivity contribution in [2.24, 2.45) is 0 Å². The molecule has 0 unspecified atom stereocenters. The summed E-state index contributed by atoms with van der Waals surface area (Å²) in [6.07, 6.45) is 1.84. The molecule has 72 valence electrons. The molecule has 0 saturated heterocycles. The lowest BCUT2D eigenvalue weighted by Crippen LogP contribution is -2.41. The highest BCUT2D eigenvalue weighted by Gasteiger charge is 2.28. The summed E-state index contributed by atoms with van der Waals surface area (Å²) in [5, 5.41) is 3.32. The molecular weight excluding hydrogens is 162 g/mol. The summed E-state index contributed by atoms with van der Waals surface area (Å²) in [5.41, 5.74) is 1.27. The standard InChI is InChI=1S/C10H15N3.H2/c1-10(2,3)13-7-12-8-5-4-6-11-9(8)13;/h4-6,12H,7H2,1-3H3;1H. The molecule has 0 saturated carbocycles. The van der Waals surface area contributed by atoms with Crippen molar-refractivity contribution in [2.75, 3.05) is 16.9 Å². The lowest BCUT2D eigenvalue weighted by molar-refractivity contribution is 0.520. The van der Waals surface area contributed by atoms with Gasteiger partial charge in [0, 0.05) is 13.2 Å². The smallest absolute Gasteiger partial charge is 0.153 e. The van der Waals surface area contributed by atoms with Crippen LogP contribution in [0.5, 0.6) is 0 Å². The molecule has 0 spiro atoms. The Hall–Kier alpha value is -1.25. The van der Waals surface area contributed by atoms with Crippen LogP contribution in [0.2, 0.25) is 0 Å². The highest BCUT2D eigenvalue weighted by molar-refractivity contribution is 5.71. The van der Waals surface area contributed by atoms with E-state index in [1.165, 1.54) is 0 Å². The summed E-state index contributed by atoms with van der Waals surface area (Å²) < 4.78 is 0. The Balaban J connectivity index is 0.000000980. The summed E-state index contributed by atoms with van der Waals surface area (Å²) in [4.78, 5) is 6.64. The van der Waals surface area contributed by atoms with Gasteiger partial charge >= 0.3 is 0 Å². The fraction of sp³-hybridized carbons (Fsp3) is 0.500. The van der Waals surface area contributed by atoms with E-state index in [1.54, 1.807) is 0 Å². The van der Waals surface area contributed by atoms with Crippen LogP contribution in [0.25, 0.3) is 0 Å². The molecule has 3 heteroatoms. The number of pyridine rings is 1. The number of nitrogens with zero attached hydrogens (tertiary/aromatic N) is 2. The highest BCUT2D eigenvalue weighted by Crippen LogP contribution is 2.32. The number of aromatic nitrogens is 1. The zero-order valence-corrected chi connectivity index (χ0v) is 8.33. The van der Waals surface area contributed by atoms with E-state index in [4.69, 9.17) is 0 Å². The third-order valence-corrected chi connectivity index (χ3v) is 2.28. The van der Waals surface area contributed by atoms with Crippen LogP contribution in [-0.2, 0) is 0 Å². The number of hydrogen-bond donors (Lipinski definition) is 1. The molecule has 3 nitrogen and oxygen atoms in total. The predicted molar refractivity (Wildman–Crippen MR) is 57.1 cm³/mol. The lowest BCUT2D eigenvalue weighted by atomic mass is 10.1. The van der Waals surface area contributed by atoms with E-state index in [2.05, 4.69) is 42.0 Å². The molecule has 0 aromatic carbocycles. The SMILES string of the molecule is CC(C)(C)N1CNc2cccnc21.[HH]. The first kappa shape index (κ1) is 8.35. The van der Waals surface area contributed by atoms with Gasteiger partial charge in [-0.3, -0.25) is 0 Å². The van der Waals surface area contributed by atoms with Crippen molar-refractivity contribution in [1.82, 2.24) is 4.98 Å². The molecule has 0 radical (unpaired) electrons. The molecule has 2 heterocycles. The van der Waals surface area contributed by atoms with E-state index in [9.17, 15) is 0 Å². The number of fused-ring (bicyclic) bond motifs is 1. The van der Waals surface area contributed by atoms with Gasteiger partial charge in [0.2, 0.25) is 0 Å². The first-order chi connectivity index (χ1) is 6.09. The molecule has 0 bridgehead atoms. The van der Waals surface area contributed by atoms with Crippen LogP contribution in [0, 0.1) is 0 Å². The number of anilines is 2. The van der Waals surface area contributed by atoms with Crippen molar-refractivity contribution in [2.45, 2.75) is 26.3 Å². The maximum Gasteiger partial charge on any atom is 0.153 e. The molecule has 1 aliphatic rings. The van der Waals surface area contributed by atoms with Crippen molar-refractivity contribution >= 4 is 11.5 Å². The summed E-state index contributed by atoms with van der Waals surface area (Å²) in [5.74, 6) is 1.06. The van der Waals surface area contributed by atoms with Crippen molar-refractivity contribution in [3.63, 3.8) is 0 Å². The van der Waals surface area contributed by atoms with E-state index in [0.717, 1.165) is 18.2 Å². The zero-order chi connectivity index (χ0) is 9.47. The van der Waals surface area contributed by atoms with Gasteiger partial charge in [0.15, 0.2) is 5.82 Å². The highest BCUT2D eigenvalue weighted by atomic mass is 15.4. The van der Waals surface area contributed by atoms with Crippen LogP contribution in [0.1, 0.15) is 22.2 Å². The van der Waals surface area contributed by atoms with Crippen molar-refractivity contribution < 1.29 is 1.43 Å². The Morgan fingerprint density at radius 3 is 3.00 bits per heavy atom. The summed E-state index contributed by atoms with van der Waals surface area (Å²) in [6, 6.07) is 4.02. The van der Waals surface area contributed by atoms with Crippen LogP contribution in [-0.4, -0.2) is 17.2 Å². The Morgan fingerprint density at radius 1 is 1.54 bits per heavy atom. The van der Waals surface area contributed by atoms with Gasteiger partial charge in [0.05, 0.1) is 12.4 Å². The Morgan fingerprint density at radius 2 is 2.31 bits per heavy atom. The summed E-state index contributed by atoms with van der Waals surface area (Å²) in [7, 11) is 0. The average Bonchev–Trinajstić information content (AvgIpc) is 2.45. The molecule has 0 amide bonds. The van der Waals surface area contributed by atoms with Gasteiger partial charge in [0.1, 0.15) is 0 Å². The molecule has 1 aliphatic heterocycles. The molecular formula is C10H17N3. The number of hydrogen-bond acceptors (Lipinski definition) is 3. The number of nitrogens with one attached hydrogen (secondary N) is 1. The minimum atomic E-state index is 0. The molecule has 0 fully saturated rings. The maximum absolute atomic E-state index is 4.37. The van der Waals surface area contributed by atoms with Gasteiger partial charge in [-0.05, 0) is 32.9 Å². The fourth-order valence-corrected chi connectivity index (χ4v) is 1.54. The zero-order valence-electron chi connectivity index (χ0n) is 8.33. The van der Waals surface area contributed by atoms with E-state index in [0.29, 0.717) is 0 Å². The van der Waals surface area contributed by atoms with Gasteiger partial charge in [-0.15, -0.1) is 0 Å². The van der Waals surface area contributed by atoms with Gasteiger partial charge in [-0.25, -0.2) is 4.98 Å². The van der Waals surface area contributed by atoms with E-state index >= 15 is 0 Å². The second kappa shape index (κ2) is 2.62. The normalized spacial score (nSPS) is 15.5. The van der Waals surface area contributed by atoms with Crippen LogP contribution in [0.4, 0.5) is 11.5 Å². The summed E-state index contributed by atoms with van der Waals surface area (Å²) >= 11 is 0. The van der Waals surface area contributed by atoms with Gasteiger partial charge in [-0.1, -0.05) is 0 Å². The van der Waals surface area contributed by atoms with E-state index < -0.39 is 0 Å². The Bertz CT molecular complexity index is 319. The molecule has 0 aliphatic carbocycles. The van der Waals surface area contributed by atoms with Crippen molar-refractivity contribution in [3.8, 4) is 0 Å². The van der Waals surface area contributed by atoms with E-state index in [-0.39, 0.29) is 6.97 Å². The first-order valence-corrected chi connectivity index (χ1v) is 4.55. The Kier molecular flexibility index (Phi) is 1.68. The second-order valence-electron chi connectivity index (χ2n) is 4.31. The molecule has 1 aromatic rings. The molecule has 0 atom stereocenters. The third kappa shape index (κ3) is 1.34. The minimum Gasteiger partial charge on any atom is -0.365 e. The molecule has 13 heavy (non-hydrogen) atoms. The largest absolute Gasteiger partial charge is 0.365 e. The van der Waals surface area contributed by atoms with Crippen molar-refractivity contribution in [1.29, 1.82) is 0 Å².